The van der Waals surface area contributed by atoms with Crippen molar-refractivity contribution in [1.82, 2.24) is 19.8 Å². The third-order valence-corrected chi connectivity index (χ3v) is 8.85. The summed E-state index contributed by atoms with van der Waals surface area (Å²) >= 11 is 0. The van der Waals surface area contributed by atoms with Crippen molar-refractivity contribution >= 4 is 29.3 Å². The van der Waals surface area contributed by atoms with Gasteiger partial charge in [0.25, 0.3) is 0 Å². The van der Waals surface area contributed by atoms with Crippen LogP contribution in [0.25, 0.3) is 5.70 Å². The highest BCUT2D eigenvalue weighted by atomic mass is 16.5. The van der Waals surface area contributed by atoms with Gasteiger partial charge in [0, 0.05) is 61.1 Å². The zero-order valence-corrected chi connectivity index (χ0v) is 23.2. The van der Waals surface area contributed by atoms with Crippen LogP contribution in [-0.4, -0.2) is 83.9 Å². The smallest absolute Gasteiger partial charge is 0.219 e. The minimum Gasteiger partial charge on any atom is -0.476 e. The number of likely N-dealkylation sites (N-methyl/N-ethyl adjacent to an activating group) is 2. The fraction of sp³-hybridized carbons (Fsp3) is 0.621. The van der Waals surface area contributed by atoms with Crippen LogP contribution in [0.15, 0.2) is 27.9 Å². The largest absolute Gasteiger partial charge is 0.476 e. The molecule has 0 amide bonds. The predicted octanol–water partition coefficient (Wildman–Crippen LogP) is 2.75. The Hall–Kier alpha value is -3.11. The standard InChI is InChI=1S/C29H41N7O3/c1-35-14-10-22(30)19(17-35)16-32-24-15-25(39-18-20-7-6-13-36(20)2)34-28(33-24)26(31)21-8-5-12-29(27(21)38)11-4-3-9-23(29)37/h15-16,20H,3-14,17-18,30-31H2,1-2H3/b26-21-,32-16+/t20-,29+/m0/s1. The first-order chi connectivity index (χ1) is 18.8. The number of rotatable bonds is 6. The number of aliphatic imine (C=N–C) groups is 1. The summed E-state index contributed by atoms with van der Waals surface area (Å²) in [4.78, 5) is 45.0. The van der Waals surface area contributed by atoms with Crippen molar-refractivity contribution < 1.29 is 14.3 Å². The first-order valence-electron chi connectivity index (χ1n) is 14.3. The molecule has 1 aromatic rings. The molecule has 10 nitrogen and oxygen atoms in total. The van der Waals surface area contributed by atoms with Crippen LogP contribution in [0.5, 0.6) is 5.88 Å². The molecule has 2 atom stereocenters. The predicted molar refractivity (Wildman–Crippen MR) is 151 cm³/mol. The minimum absolute atomic E-state index is 0.0519. The normalized spacial score (nSPS) is 28.6. The van der Waals surface area contributed by atoms with Crippen LogP contribution in [0, 0.1) is 5.41 Å². The first kappa shape index (κ1) is 27.5. The van der Waals surface area contributed by atoms with E-state index in [1.807, 2.05) is 7.05 Å². The number of Topliss-reactive ketones (excluding diaryl/α,β-unsaturated/α-hetero) is 2. The van der Waals surface area contributed by atoms with Gasteiger partial charge in [0.1, 0.15) is 12.4 Å². The molecule has 0 radical (unpaired) electrons. The van der Waals surface area contributed by atoms with Gasteiger partial charge >= 0.3 is 0 Å². The molecule has 4 N–H and O–H groups in total. The SMILES string of the molecule is CN1CCC(N)=C(/C=N/c2cc(OC[C@@H]3CCCN3C)nc(/C(N)=C3\CCC[C@@]4(CCCCC4=O)C3=O)n2)C1. The van der Waals surface area contributed by atoms with Crippen molar-refractivity contribution in [1.29, 1.82) is 0 Å². The summed E-state index contributed by atoms with van der Waals surface area (Å²) in [5.74, 6) is 0.873. The van der Waals surface area contributed by atoms with E-state index < -0.39 is 5.41 Å². The second kappa shape index (κ2) is 11.6. The molecule has 10 heteroatoms. The van der Waals surface area contributed by atoms with Crippen molar-refractivity contribution in [3.8, 4) is 5.88 Å². The van der Waals surface area contributed by atoms with Crippen LogP contribution in [0.2, 0.25) is 0 Å². The molecule has 5 rings (SSSR count). The van der Waals surface area contributed by atoms with Gasteiger partial charge in [-0.2, -0.15) is 4.98 Å². The fourth-order valence-electron chi connectivity index (χ4n) is 6.33. The number of nitrogens with two attached hydrogens (primary N) is 2. The topological polar surface area (TPSA) is 140 Å². The van der Waals surface area contributed by atoms with Crippen molar-refractivity contribution in [2.75, 3.05) is 40.3 Å². The molecule has 1 aromatic heterocycles. The van der Waals surface area contributed by atoms with E-state index in [1.54, 1.807) is 12.3 Å². The zero-order chi connectivity index (χ0) is 27.6. The van der Waals surface area contributed by atoms with Gasteiger partial charge in [-0.1, -0.05) is 6.42 Å². The van der Waals surface area contributed by atoms with Crippen molar-refractivity contribution in [3.05, 3.63) is 28.7 Å². The number of hydrogen-bond donors (Lipinski definition) is 2. The Kier molecular flexibility index (Phi) is 8.13. The third kappa shape index (κ3) is 5.77. The molecule has 2 aliphatic heterocycles. The number of ether oxygens (including phenoxy) is 1. The Labute approximate surface area is 230 Å². The molecule has 4 aliphatic rings. The van der Waals surface area contributed by atoms with Crippen LogP contribution in [0.4, 0.5) is 5.82 Å². The van der Waals surface area contributed by atoms with E-state index in [-0.39, 0.29) is 23.1 Å². The lowest BCUT2D eigenvalue weighted by molar-refractivity contribution is -0.143. The summed E-state index contributed by atoms with van der Waals surface area (Å²) in [5.41, 5.74) is 14.4. The van der Waals surface area contributed by atoms with Crippen molar-refractivity contribution in [3.63, 3.8) is 0 Å². The molecule has 0 bridgehead atoms. The molecule has 3 heterocycles. The summed E-state index contributed by atoms with van der Waals surface area (Å²) < 4.78 is 6.13. The summed E-state index contributed by atoms with van der Waals surface area (Å²) in [6.07, 6.45) is 9.38. The molecule has 1 spiro atoms. The molecule has 0 unspecified atom stereocenters. The molecule has 39 heavy (non-hydrogen) atoms. The Balaban J connectivity index is 1.48. The molecule has 2 saturated carbocycles. The van der Waals surface area contributed by atoms with Gasteiger partial charge in [-0.15, -0.1) is 0 Å². The van der Waals surface area contributed by atoms with Crippen LogP contribution in [0.1, 0.15) is 70.0 Å². The summed E-state index contributed by atoms with van der Waals surface area (Å²) in [6.45, 7) is 3.16. The van der Waals surface area contributed by atoms with Gasteiger partial charge in [0.15, 0.2) is 17.4 Å². The van der Waals surface area contributed by atoms with E-state index in [4.69, 9.17) is 16.2 Å². The molecule has 2 aliphatic carbocycles. The Morgan fingerprint density at radius 2 is 1.95 bits per heavy atom. The highest BCUT2D eigenvalue weighted by Crippen LogP contribution is 2.45. The van der Waals surface area contributed by atoms with Crippen LogP contribution < -0.4 is 16.2 Å². The Morgan fingerprint density at radius 3 is 2.72 bits per heavy atom. The summed E-state index contributed by atoms with van der Waals surface area (Å²) in [6, 6.07) is 2.01. The van der Waals surface area contributed by atoms with E-state index in [1.165, 1.54) is 0 Å². The van der Waals surface area contributed by atoms with E-state index in [0.717, 1.165) is 62.9 Å². The van der Waals surface area contributed by atoms with E-state index >= 15 is 0 Å². The number of ketones is 2. The highest BCUT2D eigenvalue weighted by molar-refractivity contribution is 6.17. The summed E-state index contributed by atoms with van der Waals surface area (Å²) in [5, 5.41) is 0. The quantitative estimate of drug-likeness (QED) is 0.320. The maximum Gasteiger partial charge on any atom is 0.219 e. The monoisotopic (exact) mass is 535 g/mol. The number of hydrogen-bond acceptors (Lipinski definition) is 10. The molecular formula is C29H41N7O3. The summed E-state index contributed by atoms with van der Waals surface area (Å²) in [7, 11) is 4.15. The van der Waals surface area contributed by atoms with Gasteiger partial charge in [-0.25, -0.2) is 9.98 Å². The second-order valence-corrected chi connectivity index (χ2v) is 11.6. The average molecular weight is 536 g/mol. The molecule has 3 fully saturated rings. The number of likely N-dealkylation sites (tertiary alicyclic amines) is 1. The number of nitrogens with zero attached hydrogens (tertiary/aromatic N) is 5. The molecule has 210 valence electrons. The Bertz CT molecular complexity index is 1220. The lowest BCUT2D eigenvalue weighted by Gasteiger charge is -2.38. The maximum atomic E-state index is 13.7. The van der Waals surface area contributed by atoms with Crippen molar-refractivity contribution in [2.45, 2.75) is 70.3 Å². The minimum atomic E-state index is -0.935. The van der Waals surface area contributed by atoms with E-state index in [0.29, 0.717) is 62.1 Å². The van der Waals surface area contributed by atoms with Gasteiger partial charge in [0.2, 0.25) is 5.88 Å². The Morgan fingerprint density at radius 1 is 1.13 bits per heavy atom. The maximum absolute atomic E-state index is 13.7. The zero-order valence-electron chi connectivity index (χ0n) is 23.2. The van der Waals surface area contributed by atoms with Gasteiger partial charge in [-0.3, -0.25) is 9.59 Å². The lowest BCUT2D eigenvalue weighted by atomic mass is 9.62. The number of carbonyl (C=O) groups excluding carboxylic acids is 2. The number of aromatic nitrogens is 2. The van der Waals surface area contributed by atoms with Crippen molar-refractivity contribution in [2.24, 2.45) is 21.9 Å². The average Bonchev–Trinajstić information content (AvgIpc) is 3.35. The first-order valence-corrected chi connectivity index (χ1v) is 14.3. The van der Waals surface area contributed by atoms with Crippen LogP contribution >= 0.6 is 0 Å². The number of carbonyl (C=O) groups is 2. The van der Waals surface area contributed by atoms with E-state index in [2.05, 4.69) is 31.8 Å². The van der Waals surface area contributed by atoms with Crippen LogP contribution in [0.3, 0.4) is 0 Å². The van der Waals surface area contributed by atoms with Gasteiger partial charge in [-0.05, 0) is 65.6 Å². The second-order valence-electron chi connectivity index (χ2n) is 11.6. The molecule has 1 saturated heterocycles. The third-order valence-electron chi connectivity index (χ3n) is 8.85. The van der Waals surface area contributed by atoms with Gasteiger partial charge < -0.3 is 26.0 Å². The van der Waals surface area contributed by atoms with Gasteiger partial charge in [0.05, 0.1) is 11.1 Å². The number of allylic oxidation sites excluding steroid dienone is 1. The highest BCUT2D eigenvalue weighted by Gasteiger charge is 2.49. The van der Waals surface area contributed by atoms with Crippen LogP contribution in [-0.2, 0) is 9.59 Å². The lowest BCUT2D eigenvalue weighted by Crippen LogP contribution is -2.45. The molecule has 0 aromatic carbocycles. The molecular weight excluding hydrogens is 494 g/mol. The fourth-order valence-corrected chi connectivity index (χ4v) is 6.33. The van der Waals surface area contributed by atoms with E-state index in [9.17, 15) is 9.59 Å².